The zero-order chi connectivity index (χ0) is 24.8. The first kappa shape index (κ1) is 25.1. The number of halogens is 1. The summed E-state index contributed by atoms with van der Waals surface area (Å²) < 4.78 is 10.5. The normalized spacial score (nSPS) is 17.1. The van der Waals surface area contributed by atoms with Crippen molar-refractivity contribution in [3.63, 3.8) is 0 Å². The lowest BCUT2D eigenvalue weighted by Crippen LogP contribution is -2.30. The van der Waals surface area contributed by atoms with E-state index in [1.807, 2.05) is 0 Å². The number of Topliss-reactive ketones (excluding diaryl/α,β-unsaturated/α-hetero) is 1. The smallest absolute Gasteiger partial charge is 0.303 e. The number of benzene rings is 2. The number of aliphatic hydroxyl groups is 1. The van der Waals surface area contributed by atoms with Gasteiger partial charge in [0.1, 0.15) is 5.76 Å². The van der Waals surface area contributed by atoms with Crippen LogP contribution in [0.3, 0.4) is 0 Å². The van der Waals surface area contributed by atoms with E-state index >= 15 is 0 Å². The SMILES string of the molecule is COc1ccc(C(O)=C2C(=O)C(=O)N(CCCCCC(=O)O)[C@@H]2c2ccc(Cl)cc2)cc1OC. The lowest BCUT2D eigenvalue weighted by Gasteiger charge is -2.25. The monoisotopic (exact) mass is 487 g/mol. The van der Waals surface area contributed by atoms with Gasteiger partial charge in [-0.1, -0.05) is 30.2 Å². The lowest BCUT2D eigenvalue weighted by molar-refractivity contribution is -0.140. The number of methoxy groups -OCH3 is 2. The Morgan fingerprint density at radius 1 is 0.971 bits per heavy atom. The first-order valence-corrected chi connectivity index (χ1v) is 11.1. The predicted octanol–water partition coefficient (Wildman–Crippen LogP) is 4.42. The molecule has 180 valence electrons. The second-order valence-electron chi connectivity index (χ2n) is 7.82. The maximum Gasteiger partial charge on any atom is 0.303 e. The highest BCUT2D eigenvalue weighted by Gasteiger charge is 2.45. The van der Waals surface area contributed by atoms with Crippen molar-refractivity contribution in [1.29, 1.82) is 0 Å². The van der Waals surface area contributed by atoms with E-state index in [1.165, 1.54) is 25.2 Å². The summed E-state index contributed by atoms with van der Waals surface area (Å²) in [5, 5.41) is 20.5. The summed E-state index contributed by atoms with van der Waals surface area (Å²) in [4.78, 5) is 38.2. The number of ketones is 1. The fraction of sp³-hybridized carbons (Fsp3) is 0.320. The number of carbonyl (C=O) groups is 3. The minimum atomic E-state index is -0.878. The Bertz CT molecular complexity index is 1110. The number of rotatable bonds is 10. The third kappa shape index (κ3) is 5.34. The van der Waals surface area contributed by atoms with Crippen molar-refractivity contribution in [3.8, 4) is 11.5 Å². The number of aliphatic carboxylic acids is 1. The molecule has 2 N–H and O–H groups in total. The zero-order valence-electron chi connectivity index (χ0n) is 18.9. The fourth-order valence-electron chi connectivity index (χ4n) is 3.98. The number of amides is 1. The Kier molecular flexibility index (Phi) is 8.17. The van der Waals surface area contributed by atoms with Crippen LogP contribution in [0.2, 0.25) is 5.02 Å². The van der Waals surface area contributed by atoms with Crippen LogP contribution < -0.4 is 9.47 Å². The van der Waals surface area contributed by atoms with Crippen LogP contribution in [0.4, 0.5) is 0 Å². The summed E-state index contributed by atoms with van der Waals surface area (Å²) >= 11 is 6.03. The number of ether oxygens (including phenoxy) is 2. The number of carboxylic acid groups (broad SMARTS) is 1. The molecule has 2 aromatic carbocycles. The van der Waals surface area contributed by atoms with E-state index in [9.17, 15) is 19.5 Å². The largest absolute Gasteiger partial charge is 0.507 e. The van der Waals surface area contributed by atoms with Crippen molar-refractivity contribution in [1.82, 2.24) is 4.90 Å². The number of carboxylic acids is 1. The fourth-order valence-corrected chi connectivity index (χ4v) is 4.10. The summed E-state index contributed by atoms with van der Waals surface area (Å²) in [5.74, 6) is -1.90. The molecule has 0 unspecified atom stereocenters. The van der Waals surface area contributed by atoms with Gasteiger partial charge >= 0.3 is 5.97 Å². The zero-order valence-corrected chi connectivity index (χ0v) is 19.7. The van der Waals surface area contributed by atoms with Crippen LogP contribution >= 0.6 is 11.6 Å². The average Bonchev–Trinajstić information content (AvgIpc) is 3.08. The second kappa shape index (κ2) is 11.1. The van der Waals surface area contributed by atoms with Crippen LogP contribution in [0.15, 0.2) is 48.0 Å². The van der Waals surface area contributed by atoms with Gasteiger partial charge in [-0.05, 0) is 48.7 Å². The summed E-state index contributed by atoms with van der Waals surface area (Å²) in [7, 11) is 2.94. The minimum absolute atomic E-state index is 0.0370. The number of hydrogen-bond donors (Lipinski definition) is 2. The molecule has 9 heteroatoms. The standard InChI is InChI=1S/C25H26ClNO7/c1-33-18-12-9-16(14-19(18)34-2)23(30)21-22(15-7-10-17(26)11-8-15)27(25(32)24(21)31)13-5-3-4-6-20(28)29/h7-12,14,22,30H,3-6,13H2,1-2H3,(H,28,29)/t22-/m1/s1. The topological polar surface area (TPSA) is 113 Å². The first-order chi connectivity index (χ1) is 16.3. The third-order valence-electron chi connectivity index (χ3n) is 5.67. The van der Waals surface area contributed by atoms with E-state index < -0.39 is 23.7 Å². The Labute approximate surface area is 202 Å². The van der Waals surface area contributed by atoms with Crippen LogP contribution in [0, 0.1) is 0 Å². The number of carbonyl (C=O) groups excluding carboxylic acids is 2. The van der Waals surface area contributed by atoms with Gasteiger partial charge in [0.05, 0.1) is 25.8 Å². The van der Waals surface area contributed by atoms with Crippen molar-refractivity contribution in [2.45, 2.75) is 31.7 Å². The molecule has 1 aliphatic rings. The van der Waals surface area contributed by atoms with Crippen LogP contribution in [0.1, 0.15) is 42.9 Å². The van der Waals surface area contributed by atoms with Crippen molar-refractivity contribution in [3.05, 3.63) is 64.2 Å². The highest BCUT2D eigenvalue weighted by Crippen LogP contribution is 2.41. The average molecular weight is 488 g/mol. The summed E-state index contributed by atoms with van der Waals surface area (Å²) in [6, 6.07) is 10.6. The molecule has 1 aliphatic heterocycles. The summed E-state index contributed by atoms with van der Waals surface area (Å²) in [6.07, 6.45) is 1.61. The van der Waals surface area contributed by atoms with Gasteiger partial charge in [-0.2, -0.15) is 0 Å². The Morgan fingerprint density at radius 3 is 2.26 bits per heavy atom. The Hall–Kier alpha value is -3.52. The van der Waals surface area contributed by atoms with Crippen molar-refractivity contribution < 1.29 is 34.1 Å². The molecule has 3 rings (SSSR count). The molecular formula is C25H26ClNO7. The van der Waals surface area contributed by atoms with Crippen molar-refractivity contribution >= 4 is 35.0 Å². The Balaban J connectivity index is 2.01. The second-order valence-corrected chi connectivity index (χ2v) is 8.25. The molecule has 1 amide bonds. The highest BCUT2D eigenvalue weighted by molar-refractivity contribution is 6.46. The molecule has 2 aromatic rings. The van der Waals surface area contributed by atoms with E-state index in [0.717, 1.165) is 0 Å². The molecule has 0 spiro atoms. The van der Waals surface area contributed by atoms with Gasteiger partial charge in [0.25, 0.3) is 11.7 Å². The van der Waals surface area contributed by atoms with Gasteiger partial charge in [-0.3, -0.25) is 14.4 Å². The van der Waals surface area contributed by atoms with Crippen LogP contribution in [-0.2, 0) is 14.4 Å². The lowest BCUT2D eigenvalue weighted by atomic mass is 9.95. The van der Waals surface area contributed by atoms with E-state index in [1.54, 1.807) is 36.4 Å². The summed E-state index contributed by atoms with van der Waals surface area (Å²) in [6.45, 7) is 0.236. The molecule has 1 saturated heterocycles. The van der Waals surface area contributed by atoms with Gasteiger partial charge in [0, 0.05) is 23.6 Å². The van der Waals surface area contributed by atoms with E-state index in [0.29, 0.717) is 46.9 Å². The van der Waals surface area contributed by atoms with Gasteiger partial charge < -0.3 is 24.6 Å². The molecule has 0 aromatic heterocycles. The molecule has 8 nitrogen and oxygen atoms in total. The van der Waals surface area contributed by atoms with Crippen molar-refractivity contribution in [2.24, 2.45) is 0 Å². The Morgan fingerprint density at radius 2 is 1.65 bits per heavy atom. The summed E-state index contributed by atoms with van der Waals surface area (Å²) in [5.41, 5.74) is 0.886. The maximum atomic E-state index is 13.1. The van der Waals surface area contributed by atoms with E-state index in [-0.39, 0.29) is 24.3 Å². The number of unbranched alkanes of at least 4 members (excludes halogenated alkanes) is 2. The molecule has 0 aliphatic carbocycles. The third-order valence-corrected chi connectivity index (χ3v) is 5.92. The van der Waals surface area contributed by atoms with E-state index in [4.69, 9.17) is 26.2 Å². The molecule has 1 heterocycles. The van der Waals surface area contributed by atoms with Gasteiger partial charge in [-0.15, -0.1) is 0 Å². The molecule has 0 bridgehead atoms. The number of hydrogen-bond acceptors (Lipinski definition) is 6. The molecule has 1 fully saturated rings. The molecule has 0 radical (unpaired) electrons. The maximum absolute atomic E-state index is 13.1. The first-order valence-electron chi connectivity index (χ1n) is 10.8. The molecule has 0 saturated carbocycles. The predicted molar refractivity (Wildman–Crippen MR) is 126 cm³/mol. The molecule has 34 heavy (non-hydrogen) atoms. The van der Waals surface area contributed by atoms with E-state index in [2.05, 4.69) is 0 Å². The van der Waals surface area contributed by atoms with Gasteiger partial charge in [0.15, 0.2) is 11.5 Å². The number of nitrogens with zero attached hydrogens (tertiary/aromatic N) is 1. The van der Waals surface area contributed by atoms with Crippen LogP contribution in [0.25, 0.3) is 5.76 Å². The number of aliphatic hydroxyl groups excluding tert-OH is 1. The quantitative estimate of drug-likeness (QED) is 0.220. The van der Waals surface area contributed by atoms with Crippen LogP contribution in [-0.4, -0.2) is 53.5 Å². The van der Waals surface area contributed by atoms with Gasteiger partial charge in [0.2, 0.25) is 0 Å². The van der Waals surface area contributed by atoms with Crippen LogP contribution in [0.5, 0.6) is 11.5 Å². The highest BCUT2D eigenvalue weighted by atomic mass is 35.5. The molecular weight excluding hydrogens is 462 g/mol. The minimum Gasteiger partial charge on any atom is -0.507 e. The number of likely N-dealkylation sites (tertiary alicyclic amines) is 1. The van der Waals surface area contributed by atoms with Crippen molar-refractivity contribution in [2.75, 3.05) is 20.8 Å². The van der Waals surface area contributed by atoms with Gasteiger partial charge in [-0.25, -0.2) is 0 Å². The molecule has 1 atom stereocenters.